The maximum Gasteiger partial charge on any atom is 0.0303 e. The highest BCUT2D eigenvalue weighted by Gasteiger charge is 2.03. The van der Waals surface area contributed by atoms with E-state index in [1.807, 2.05) is 18.4 Å². The van der Waals surface area contributed by atoms with Crippen LogP contribution in [0.4, 0.5) is 0 Å². The molecule has 0 saturated carbocycles. The number of hydrogen-bond acceptors (Lipinski definition) is 3. The van der Waals surface area contributed by atoms with Crippen LogP contribution in [0, 0.1) is 13.8 Å². The van der Waals surface area contributed by atoms with Gasteiger partial charge in [0.2, 0.25) is 0 Å². The fourth-order valence-corrected chi connectivity index (χ4v) is 3.31. The lowest BCUT2D eigenvalue weighted by Crippen LogP contribution is -2.15. The fraction of sp³-hybridized carbons (Fsp3) is 0.412. The molecule has 1 aromatic carbocycles. The molecule has 1 heterocycles. The fourth-order valence-electron chi connectivity index (χ4n) is 2.29. The van der Waals surface area contributed by atoms with Crippen LogP contribution in [-0.4, -0.2) is 13.6 Å². The summed E-state index contributed by atoms with van der Waals surface area (Å²) in [4.78, 5) is 2.85. The average Bonchev–Trinajstić information content (AvgIpc) is 2.76. The van der Waals surface area contributed by atoms with Gasteiger partial charge in [-0.05, 0) is 56.6 Å². The minimum Gasteiger partial charge on any atom is -0.319 e. The molecule has 20 heavy (non-hydrogen) atoms. The molecular formula is C17H24N2S. The summed E-state index contributed by atoms with van der Waals surface area (Å²) in [5.74, 6) is 0. The van der Waals surface area contributed by atoms with Gasteiger partial charge in [0.15, 0.2) is 0 Å². The topological polar surface area (TPSA) is 24.1 Å². The largest absolute Gasteiger partial charge is 0.319 e. The first-order valence-electron chi connectivity index (χ1n) is 7.18. The molecule has 0 fully saturated rings. The Labute approximate surface area is 126 Å². The summed E-state index contributed by atoms with van der Waals surface area (Å²) in [6.07, 6.45) is 1.09. The molecule has 0 radical (unpaired) electrons. The second kappa shape index (κ2) is 7.58. The van der Waals surface area contributed by atoms with Crippen molar-refractivity contribution < 1.29 is 0 Å². The highest BCUT2D eigenvalue weighted by molar-refractivity contribution is 7.12. The third-order valence-corrected chi connectivity index (χ3v) is 4.75. The Morgan fingerprint density at radius 3 is 2.45 bits per heavy atom. The van der Waals surface area contributed by atoms with Crippen molar-refractivity contribution in [2.24, 2.45) is 0 Å². The molecule has 0 saturated heterocycles. The van der Waals surface area contributed by atoms with Gasteiger partial charge in [-0.15, -0.1) is 11.3 Å². The summed E-state index contributed by atoms with van der Waals surface area (Å²) in [6, 6.07) is 11.0. The zero-order valence-electron chi connectivity index (χ0n) is 12.6. The van der Waals surface area contributed by atoms with Gasteiger partial charge in [0.25, 0.3) is 0 Å². The molecule has 2 aromatic rings. The number of benzene rings is 1. The van der Waals surface area contributed by atoms with Gasteiger partial charge >= 0.3 is 0 Å². The predicted octanol–water partition coefficient (Wildman–Crippen LogP) is 3.42. The van der Waals surface area contributed by atoms with Gasteiger partial charge in [0.1, 0.15) is 0 Å². The third kappa shape index (κ3) is 4.17. The molecule has 0 atom stereocenters. The Bertz CT molecular complexity index is 526. The van der Waals surface area contributed by atoms with Gasteiger partial charge in [-0.1, -0.05) is 24.3 Å². The lowest BCUT2D eigenvalue weighted by Gasteiger charge is -2.10. The molecule has 3 heteroatoms. The second-order valence-corrected chi connectivity index (χ2v) is 6.52. The molecule has 0 aliphatic rings. The van der Waals surface area contributed by atoms with Crippen LogP contribution in [0.1, 0.15) is 26.4 Å². The van der Waals surface area contributed by atoms with E-state index >= 15 is 0 Å². The molecule has 0 aliphatic carbocycles. The minimum absolute atomic E-state index is 0.940. The zero-order valence-corrected chi connectivity index (χ0v) is 13.4. The van der Waals surface area contributed by atoms with E-state index in [4.69, 9.17) is 0 Å². The van der Waals surface area contributed by atoms with Crippen molar-refractivity contribution in [2.45, 2.75) is 33.4 Å². The first-order chi connectivity index (χ1) is 9.70. The third-order valence-electron chi connectivity index (χ3n) is 3.59. The van der Waals surface area contributed by atoms with Crippen LogP contribution >= 0.6 is 11.3 Å². The maximum atomic E-state index is 3.57. The Morgan fingerprint density at radius 1 is 1.05 bits per heavy atom. The lowest BCUT2D eigenvalue weighted by molar-refractivity contribution is 0.690. The smallest absolute Gasteiger partial charge is 0.0303 e. The molecule has 0 spiro atoms. The Morgan fingerprint density at radius 2 is 1.80 bits per heavy atom. The lowest BCUT2D eigenvalue weighted by atomic mass is 10.0. The van der Waals surface area contributed by atoms with Crippen molar-refractivity contribution in [1.29, 1.82) is 0 Å². The number of rotatable bonds is 7. The number of aryl methyl sites for hydroxylation is 2. The number of nitrogens with one attached hydrogen (secondary N) is 2. The molecule has 1 aromatic heterocycles. The molecule has 0 unspecified atom stereocenters. The standard InChI is InChI=1S/C17H24N2S/c1-13-10-17(20-14(13)2)12-19-11-16-7-5-4-6-15(16)8-9-18-3/h4-7,10,18-19H,8-9,11-12H2,1-3H3. The van der Waals surface area contributed by atoms with E-state index in [1.165, 1.54) is 26.4 Å². The van der Waals surface area contributed by atoms with Crippen molar-refractivity contribution in [3.05, 3.63) is 56.8 Å². The first-order valence-corrected chi connectivity index (χ1v) is 8.00. The quantitative estimate of drug-likeness (QED) is 0.816. The van der Waals surface area contributed by atoms with Gasteiger partial charge < -0.3 is 10.6 Å². The van der Waals surface area contributed by atoms with Gasteiger partial charge in [0, 0.05) is 22.8 Å². The minimum atomic E-state index is 0.940. The summed E-state index contributed by atoms with van der Waals surface area (Å²) in [5.41, 5.74) is 4.25. The summed E-state index contributed by atoms with van der Waals surface area (Å²) >= 11 is 1.90. The molecule has 2 nitrogen and oxygen atoms in total. The summed E-state index contributed by atoms with van der Waals surface area (Å²) in [5, 5.41) is 6.78. The molecule has 2 rings (SSSR count). The number of hydrogen-bond donors (Lipinski definition) is 2. The van der Waals surface area contributed by atoms with Crippen LogP contribution in [0.2, 0.25) is 0 Å². The molecular weight excluding hydrogens is 264 g/mol. The summed E-state index contributed by atoms with van der Waals surface area (Å²) in [7, 11) is 2.00. The first kappa shape index (κ1) is 15.2. The summed E-state index contributed by atoms with van der Waals surface area (Å²) in [6.45, 7) is 7.30. The Kier molecular flexibility index (Phi) is 5.77. The van der Waals surface area contributed by atoms with E-state index in [9.17, 15) is 0 Å². The Balaban J connectivity index is 1.90. The molecule has 108 valence electrons. The molecule has 0 amide bonds. The van der Waals surface area contributed by atoms with Crippen molar-refractivity contribution >= 4 is 11.3 Å². The monoisotopic (exact) mass is 288 g/mol. The van der Waals surface area contributed by atoms with E-state index in [0.717, 1.165) is 26.1 Å². The van der Waals surface area contributed by atoms with Crippen molar-refractivity contribution in [1.82, 2.24) is 10.6 Å². The van der Waals surface area contributed by atoms with Crippen molar-refractivity contribution in [3.63, 3.8) is 0 Å². The second-order valence-electron chi connectivity index (χ2n) is 5.18. The van der Waals surface area contributed by atoms with Gasteiger partial charge in [-0.3, -0.25) is 0 Å². The van der Waals surface area contributed by atoms with Crippen LogP contribution in [-0.2, 0) is 19.5 Å². The zero-order chi connectivity index (χ0) is 14.4. The number of likely N-dealkylation sites (N-methyl/N-ethyl adjacent to an activating group) is 1. The highest BCUT2D eigenvalue weighted by atomic mass is 32.1. The van der Waals surface area contributed by atoms with E-state index in [1.54, 1.807) is 0 Å². The van der Waals surface area contributed by atoms with E-state index < -0.39 is 0 Å². The van der Waals surface area contributed by atoms with Crippen molar-refractivity contribution in [2.75, 3.05) is 13.6 Å². The van der Waals surface area contributed by atoms with Crippen LogP contribution < -0.4 is 10.6 Å². The number of thiophene rings is 1. The van der Waals surface area contributed by atoms with Crippen LogP contribution in [0.5, 0.6) is 0 Å². The van der Waals surface area contributed by atoms with E-state index in [-0.39, 0.29) is 0 Å². The van der Waals surface area contributed by atoms with E-state index in [2.05, 4.69) is 54.8 Å². The normalized spacial score (nSPS) is 10.9. The molecule has 2 N–H and O–H groups in total. The van der Waals surface area contributed by atoms with Gasteiger partial charge in [-0.25, -0.2) is 0 Å². The van der Waals surface area contributed by atoms with Gasteiger partial charge in [0.05, 0.1) is 0 Å². The van der Waals surface area contributed by atoms with Crippen LogP contribution in [0.15, 0.2) is 30.3 Å². The predicted molar refractivity (Wildman–Crippen MR) is 88.4 cm³/mol. The Hall–Kier alpha value is -1.16. The van der Waals surface area contributed by atoms with Crippen molar-refractivity contribution in [3.8, 4) is 0 Å². The molecule has 0 bridgehead atoms. The van der Waals surface area contributed by atoms with Gasteiger partial charge in [-0.2, -0.15) is 0 Å². The van der Waals surface area contributed by atoms with E-state index in [0.29, 0.717) is 0 Å². The average molecular weight is 288 g/mol. The highest BCUT2D eigenvalue weighted by Crippen LogP contribution is 2.20. The molecule has 0 aliphatic heterocycles. The van der Waals surface area contributed by atoms with Crippen LogP contribution in [0.25, 0.3) is 0 Å². The maximum absolute atomic E-state index is 3.57. The SMILES string of the molecule is CNCCc1ccccc1CNCc1cc(C)c(C)s1. The summed E-state index contributed by atoms with van der Waals surface area (Å²) < 4.78 is 0. The van der Waals surface area contributed by atoms with Crippen LogP contribution in [0.3, 0.4) is 0 Å².